The molecule has 7 aromatic carbocycles. The number of aliphatic imine (C=N–C) groups is 3. The lowest BCUT2D eigenvalue weighted by Gasteiger charge is -2.18. The summed E-state index contributed by atoms with van der Waals surface area (Å²) in [4.78, 5) is 19.3. The van der Waals surface area contributed by atoms with Crippen LogP contribution in [-0.4, -0.2) is 23.2 Å². The first-order valence-corrected chi connectivity index (χ1v) is 19.6. The van der Waals surface area contributed by atoms with Crippen molar-refractivity contribution in [2.75, 3.05) is 0 Å². The molecule has 58 heavy (non-hydrogen) atoms. The van der Waals surface area contributed by atoms with Gasteiger partial charge in [0.25, 0.3) is 0 Å². The van der Waals surface area contributed by atoms with Gasteiger partial charge in [0, 0.05) is 54.1 Å². The van der Waals surface area contributed by atoms with E-state index in [-0.39, 0.29) is 0 Å². The molecule has 0 unspecified atom stereocenters. The van der Waals surface area contributed by atoms with Gasteiger partial charge in [-0.25, -0.2) is 9.98 Å². The van der Waals surface area contributed by atoms with E-state index in [4.69, 9.17) is 9.98 Å². The maximum atomic E-state index is 5.35. The average molecular weight is 745 g/mol. The van der Waals surface area contributed by atoms with Gasteiger partial charge in [-0.2, -0.15) is 0 Å². The van der Waals surface area contributed by atoms with Crippen LogP contribution < -0.4 is 0 Å². The van der Waals surface area contributed by atoms with Crippen LogP contribution in [-0.2, 0) is 0 Å². The smallest absolute Gasteiger partial charge is 0.159 e. The number of fused-ring (bicyclic) bond motifs is 2. The van der Waals surface area contributed by atoms with E-state index in [1.165, 1.54) is 38.2 Å². The maximum absolute atomic E-state index is 5.35. The van der Waals surface area contributed by atoms with Gasteiger partial charge in [-0.05, 0) is 97.3 Å². The van der Waals surface area contributed by atoms with Gasteiger partial charge < -0.3 is 0 Å². The minimum Gasteiger partial charge on any atom is -0.268 e. The van der Waals surface area contributed by atoms with Crippen molar-refractivity contribution >= 4 is 51.1 Å². The van der Waals surface area contributed by atoms with Crippen LogP contribution in [0.25, 0.3) is 66.2 Å². The van der Waals surface area contributed by atoms with Crippen LogP contribution in [0.4, 0.5) is 0 Å². The summed E-state index contributed by atoms with van der Waals surface area (Å²) in [7, 11) is 0. The second-order valence-electron chi connectivity index (χ2n) is 14.2. The molecule has 1 aromatic heterocycles. The highest BCUT2D eigenvalue weighted by Crippen LogP contribution is 2.43. The fourth-order valence-corrected chi connectivity index (χ4v) is 7.74. The molecule has 0 N–H and O–H groups in total. The molecule has 0 spiro atoms. The van der Waals surface area contributed by atoms with Crippen molar-refractivity contribution in [1.82, 2.24) is 4.98 Å². The summed E-state index contributed by atoms with van der Waals surface area (Å²) in [6.45, 7) is 2.03. The minimum absolute atomic E-state index is 0.611. The predicted octanol–water partition coefficient (Wildman–Crippen LogP) is 13.7. The topological polar surface area (TPSA) is 50.0 Å². The van der Waals surface area contributed by atoms with Crippen molar-refractivity contribution < 1.29 is 0 Å². The van der Waals surface area contributed by atoms with Crippen LogP contribution in [0.15, 0.2) is 216 Å². The number of rotatable bonds is 8. The van der Waals surface area contributed by atoms with Gasteiger partial charge >= 0.3 is 0 Å². The third kappa shape index (κ3) is 7.52. The summed E-state index contributed by atoms with van der Waals surface area (Å²) >= 11 is 0. The zero-order valence-corrected chi connectivity index (χ0v) is 32.2. The normalized spacial score (nSPS) is 13.3. The van der Waals surface area contributed by atoms with E-state index in [1.807, 2.05) is 37.8 Å². The molecule has 8 aromatic rings. The Balaban J connectivity index is 1.20. The lowest BCUT2D eigenvalue weighted by atomic mass is 9.85. The highest BCUT2D eigenvalue weighted by atomic mass is 14.9. The lowest BCUT2D eigenvalue weighted by molar-refractivity contribution is 1.33. The second kappa shape index (κ2) is 16.7. The van der Waals surface area contributed by atoms with Gasteiger partial charge in [0.2, 0.25) is 0 Å². The molecule has 1 aliphatic heterocycles. The monoisotopic (exact) mass is 744 g/mol. The van der Waals surface area contributed by atoms with Crippen LogP contribution >= 0.6 is 0 Å². The Morgan fingerprint density at radius 2 is 1.19 bits per heavy atom. The molecule has 0 atom stereocenters. The molecular formula is C54H40N4. The van der Waals surface area contributed by atoms with E-state index in [0.717, 1.165) is 56.6 Å². The number of nitrogens with zero attached hydrogens (tertiary/aromatic N) is 4. The summed E-state index contributed by atoms with van der Waals surface area (Å²) in [6, 6.07) is 57.8. The molecule has 0 bridgehead atoms. The fraction of sp³-hybridized carbons (Fsp3) is 0.0370. The first kappa shape index (κ1) is 36.1. The molecule has 0 saturated carbocycles. The predicted molar refractivity (Wildman–Crippen MR) is 246 cm³/mol. The lowest BCUT2D eigenvalue weighted by Crippen LogP contribution is -2.01. The number of aromatic nitrogens is 1. The van der Waals surface area contributed by atoms with E-state index in [2.05, 4.69) is 186 Å². The van der Waals surface area contributed by atoms with Crippen molar-refractivity contribution in [3.8, 4) is 33.4 Å². The SMILES string of the molecule is C/C=C(\N=C(N=Cc1cccc(C2=CN=CCC=C2)c1)c1cccc(-c2c3ccccc3c(-c3ccccc3)c3ccccc23)c1)c1cccc(-c2cccnc2)c1. The van der Waals surface area contributed by atoms with Crippen molar-refractivity contribution in [2.24, 2.45) is 15.0 Å². The Morgan fingerprint density at radius 1 is 0.569 bits per heavy atom. The summed E-state index contributed by atoms with van der Waals surface area (Å²) in [6.07, 6.45) is 16.6. The Morgan fingerprint density at radius 3 is 1.91 bits per heavy atom. The molecule has 1 aliphatic rings. The van der Waals surface area contributed by atoms with E-state index < -0.39 is 0 Å². The van der Waals surface area contributed by atoms with Crippen LogP contribution in [0.3, 0.4) is 0 Å². The van der Waals surface area contributed by atoms with E-state index in [9.17, 15) is 0 Å². The second-order valence-corrected chi connectivity index (χ2v) is 14.2. The Labute approximate surface area is 339 Å². The molecule has 4 nitrogen and oxygen atoms in total. The third-order valence-corrected chi connectivity index (χ3v) is 10.5. The molecular weight excluding hydrogens is 705 g/mol. The molecule has 0 radical (unpaired) electrons. The number of pyridine rings is 1. The van der Waals surface area contributed by atoms with Crippen molar-refractivity contribution in [3.05, 3.63) is 223 Å². The van der Waals surface area contributed by atoms with Crippen LogP contribution in [0.5, 0.6) is 0 Å². The molecule has 4 heteroatoms. The summed E-state index contributed by atoms with van der Waals surface area (Å²) in [5.41, 5.74) is 12.7. The Kier molecular flexibility index (Phi) is 10.4. The molecule has 9 rings (SSSR count). The summed E-state index contributed by atoms with van der Waals surface area (Å²) in [5.74, 6) is 0.611. The average Bonchev–Trinajstić information content (AvgIpc) is 3.59. The zero-order valence-electron chi connectivity index (χ0n) is 32.2. The molecule has 276 valence electrons. The standard InChI is InChI=1S/C54H40N4/c1-2-51(42-22-13-21-41(33-42)46-25-15-31-56-37-46)58-54(57-35-38-16-12-20-40(32-38)45-19-10-11-30-55-36-45)44-24-14-23-43(34-44)53-49-28-8-6-26-47(49)52(39-17-4-3-5-18-39)48-27-7-9-29-50(48)53/h2-10,12-37H,11H2,1H3/b51-2-,57-35?,58-54?. The van der Waals surface area contributed by atoms with Crippen LogP contribution in [0, 0.1) is 0 Å². The largest absolute Gasteiger partial charge is 0.268 e. The molecule has 0 saturated heterocycles. The van der Waals surface area contributed by atoms with Crippen LogP contribution in [0.2, 0.25) is 0 Å². The van der Waals surface area contributed by atoms with Crippen molar-refractivity contribution in [1.29, 1.82) is 0 Å². The molecule has 0 amide bonds. The van der Waals surface area contributed by atoms with Gasteiger partial charge in [0.15, 0.2) is 5.84 Å². The van der Waals surface area contributed by atoms with Gasteiger partial charge in [0.1, 0.15) is 0 Å². The highest BCUT2D eigenvalue weighted by molar-refractivity contribution is 6.21. The number of allylic oxidation sites excluding steroid dienone is 4. The minimum atomic E-state index is 0.611. The van der Waals surface area contributed by atoms with Crippen molar-refractivity contribution in [2.45, 2.75) is 13.3 Å². The zero-order chi connectivity index (χ0) is 39.1. The molecule has 2 heterocycles. The number of amidine groups is 1. The first-order valence-electron chi connectivity index (χ1n) is 19.6. The number of benzene rings is 7. The van der Waals surface area contributed by atoms with Gasteiger partial charge in [-0.15, -0.1) is 0 Å². The van der Waals surface area contributed by atoms with E-state index in [1.54, 1.807) is 6.20 Å². The first-order chi connectivity index (χ1) is 28.7. The Hall–Kier alpha value is -7.56. The maximum Gasteiger partial charge on any atom is 0.159 e. The van der Waals surface area contributed by atoms with Crippen LogP contribution in [0.1, 0.15) is 35.6 Å². The number of hydrogen-bond donors (Lipinski definition) is 0. The van der Waals surface area contributed by atoms with Gasteiger partial charge in [-0.1, -0.05) is 158 Å². The fourth-order valence-electron chi connectivity index (χ4n) is 7.74. The van der Waals surface area contributed by atoms with Gasteiger partial charge in [-0.3, -0.25) is 9.98 Å². The summed E-state index contributed by atoms with van der Waals surface area (Å²) in [5, 5.41) is 4.83. The van der Waals surface area contributed by atoms with E-state index >= 15 is 0 Å². The van der Waals surface area contributed by atoms with Gasteiger partial charge in [0.05, 0.1) is 5.70 Å². The summed E-state index contributed by atoms with van der Waals surface area (Å²) < 4.78 is 0. The van der Waals surface area contributed by atoms with Crippen molar-refractivity contribution in [3.63, 3.8) is 0 Å². The quantitative estimate of drug-likeness (QED) is 0.0868. The molecule has 0 aliphatic carbocycles. The Bertz CT molecular complexity index is 2910. The highest BCUT2D eigenvalue weighted by Gasteiger charge is 2.17. The van der Waals surface area contributed by atoms with E-state index in [0.29, 0.717) is 5.84 Å². The molecule has 0 fully saturated rings. The third-order valence-electron chi connectivity index (χ3n) is 10.5. The number of hydrogen-bond acceptors (Lipinski definition) is 3.